The summed E-state index contributed by atoms with van der Waals surface area (Å²) >= 11 is 0. The third-order valence-electron chi connectivity index (χ3n) is 3.47. The van der Waals surface area contributed by atoms with E-state index in [1.54, 1.807) is 0 Å². The van der Waals surface area contributed by atoms with E-state index in [4.69, 9.17) is 9.66 Å². The van der Waals surface area contributed by atoms with Crippen LogP contribution in [0.1, 0.15) is 63.4 Å². The van der Waals surface area contributed by atoms with Gasteiger partial charge in [0.05, 0.1) is 6.26 Å². The first-order chi connectivity index (χ1) is 10.9. The Hall–Kier alpha value is -0.910. The van der Waals surface area contributed by atoms with Gasteiger partial charge in [-0.25, -0.2) is 0 Å². The quantitative estimate of drug-likeness (QED) is 0.465. The molecule has 0 radical (unpaired) electrons. The summed E-state index contributed by atoms with van der Waals surface area (Å²) in [6.07, 6.45) is 13.6. The molecular weight excluding hydrogens is 312 g/mol. The number of aryl methyl sites for hydroxylation is 1. The lowest BCUT2D eigenvalue weighted by Gasteiger charge is -2.02. The molecule has 0 amide bonds. The second-order valence-electron chi connectivity index (χ2n) is 5.87. The largest absolute Gasteiger partial charge is 0.396 e. The molecule has 4 nitrogen and oxygen atoms in total. The van der Waals surface area contributed by atoms with Crippen LogP contribution in [0.25, 0.3) is 0 Å². The molecule has 2 N–H and O–H groups in total. The third-order valence-corrected chi connectivity index (χ3v) is 3.47. The minimum atomic E-state index is -3.67. The number of unbranched alkanes of at least 4 members (excludes halogenated alkanes) is 8. The molecule has 0 aliphatic heterocycles. The highest BCUT2D eigenvalue weighted by Crippen LogP contribution is 2.11. The maximum Gasteiger partial charge on any atom is 0.261 e. The summed E-state index contributed by atoms with van der Waals surface area (Å²) in [5.74, 6) is 0. The van der Waals surface area contributed by atoms with Crippen LogP contribution >= 0.6 is 0 Å². The molecule has 0 aromatic heterocycles. The number of rotatable bonds is 11. The SMILES string of the molecule is CS(=O)(=O)O.OCCCCCCCCCCCc1ccccc1. The van der Waals surface area contributed by atoms with E-state index in [1.807, 2.05) is 0 Å². The van der Waals surface area contributed by atoms with Gasteiger partial charge in [-0.05, 0) is 24.8 Å². The van der Waals surface area contributed by atoms with Crippen molar-refractivity contribution in [1.82, 2.24) is 0 Å². The highest BCUT2D eigenvalue weighted by atomic mass is 32.2. The second-order valence-corrected chi connectivity index (χ2v) is 7.34. The van der Waals surface area contributed by atoms with Gasteiger partial charge in [0.1, 0.15) is 0 Å². The van der Waals surface area contributed by atoms with E-state index in [-0.39, 0.29) is 0 Å². The van der Waals surface area contributed by atoms with Crippen LogP contribution in [0, 0.1) is 0 Å². The van der Waals surface area contributed by atoms with Gasteiger partial charge in [-0.2, -0.15) is 8.42 Å². The Morgan fingerprint density at radius 2 is 1.17 bits per heavy atom. The van der Waals surface area contributed by atoms with Gasteiger partial charge in [-0.1, -0.05) is 75.3 Å². The fourth-order valence-corrected chi connectivity index (χ4v) is 2.32. The predicted octanol–water partition coefficient (Wildman–Crippen LogP) is 4.24. The Kier molecular flexibility index (Phi) is 14.1. The van der Waals surface area contributed by atoms with Crippen LogP contribution in [-0.4, -0.2) is 30.9 Å². The zero-order chi connectivity index (χ0) is 17.4. The molecule has 1 rings (SSSR count). The summed E-state index contributed by atoms with van der Waals surface area (Å²) in [5.41, 5.74) is 1.47. The summed E-state index contributed by atoms with van der Waals surface area (Å²) in [5, 5.41) is 8.66. The summed E-state index contributed by atoms with van der Waals surface area (Å²) in [6, 6.07) is 10.8. The number of hydrogen-bond donors (Lipinski definition) is 2. The summed E-state index contributed by atoms with van der Waals surface area (Å²) in [7, 11) is -3.67. The normalized spacial score (nSPS) is 10.9. The molecule has 0 aliphatic rings. The van der Waals surface area contributed by atoms with Crippen molar-refractivity contribution in [2.75, 3.05) is 12.9 Å². The average Bonchev–Trinajstić information content (AvgIpc) is 2.48. The minimum Gasteiger partial charge on any atom is -0.396 e. The van der Waals surface area contributed by atoms with E-state index < -0.39 is 10.1 Å². The summed E-state index contributed by atoms with van der Waals surface area (Å²) < 4.78 is 25.9. The van der Waals surface area contributed by atoms with Crippen LogP contribution in [0.4, 0.5) is 0 Å². The van der Waals surface area contributed by atoms with Gasteiger partial charge >= 0.3 is 0 Å². The molecule has 0 unspecified atom stereocenters. The van der Waals surface area contributed by atoms with E-state index in [0.717, 1.165) is 6.42 Å². The Morgan fingerprint density at radius 3 is 1.61 bits per heavy atom. The molecule has 1 aromatic carbocycles. The topological polar surface area (TPSA) is 74.6 Å². The molecule has 0 heterocycles. The molecule has 1 aromatic rings. The molecule has 0 saturated heterocycles. The molecule has 0 aliphatic carbocycles. The predicted molar refractivity (Wildman–Crippen MR) is 96.3 cm³/mol. The smallest absolute Gasteiger partial charge is 0.261 e. The van der Waals surface area contributed by atoms with Crippen molar-refractivity contribution >= 4 is 10.1 Å². The lowest BCUT2D eigenvalue weighted by atomic mass is 10.0. The summed E-state index contributed by atoms with van der Waals surface area (Å²) in [4.78, 5) is 0. The lowest BCUT2D eigenvalue weighted by molar-refractivity contribution is 0.282. The minimum absolute atomic E-state index is 0.361. The fourth-order valence-electron chi connectivity index (χ4n) is 2.32. The average molecular weight is 345 g/mol. The molecule has 0 saturated carbocycles. The van der Waals surface area contributed by atoms with Gasteiger partial charge in [0.25, 0.3) is 10.1 Å². The third kappa shape index (κ3) is 21.1. The zero-order valence-corrected chi connectivity index (χ0v) is 15.1. The Morgan fingerprint density at radius 1 is 0.783 bits per heavy atom. The van der Waals surface area contributed by atoms with E-state index in [2.05, 4.69) is 30.3 Å². The van der Waals surface area contributed by atoms with Crippen LogP contribution in [0.2, 0.25) is 0 Å². The van der Waals surface area contributed by atoms with Crippen LogP contribution in [0.5, 0.6) is 0 Å². The van der Waals surface area contributed by atoms with Gasteiger partial charge in [0.2, 0.25) is 0 Å². The van der Waals surface area contributed by atoms with Crippen LogP contribution in [-0.2, 0) is 16.5 Å². The maximum atomic E-state index is 9.19. The van der Waals surface area contributed by atoms with Gasteiger partial charge in [-0.15, -0.1) is 0 Å². The highest BCUT2D eigenvalue weighted by molar-refractivity contribution is 7.85. The van der Waals surface area contributed by atoms with Crippen LogP contribution in [0.15, 0.2) is 30.3 Å². The van der Waals surface area contributed by atoms with Crippen molar-refractivity contribution in [3.63, 3.8) is 0 Å². The number of hydrogen-bond acceptors (Lipinski definition) is 3. The number of aliphatic hydroxyl groups is 1. The molecule has 23 heavy (non-hydrogen) atoms. The standard InChI is InChI=1S/C17H28O.CH4O3S/c18-16-12-7-5-3-1-2-4-6-9-13-17-14-10-8-11-15-17;1-5(2,3)4/h8,10-11,14-15,18H,1-7,9,12-13,16H2;1H3,(H,2,3,4). The van der Waals surface area contributed by atoms with E-state index in [9.17, 15) is 8.42 Å². The monoisotopic (exact) mass is 344 g/mol. The first-order valence-electron chi connectivity index (χ1n) is 8.50. The van der Waals surface area contributed by atoms with Crippen molar-refractivity contribution < 1.29 is 18.1 Å². The van der Waals surface area contributed by atoms with Crippen LogP contribution in [0.3, 0.4) is 0 Å². The molecule has 0 spiro atoms. The second kappa shape index (κ2) is 14.7. The summed E-state index contributed by atoms with van der Waals surface area (Å²) in [6.45, 7) is 0.361. The van der Waals surface area contributed by atoms with Crippen molar-refractivity contribution in [2.24, 2.45) is 0 Å². The maximum absolute atomic E-state index is 9.19. The Bertz CT molecular complexity index is 449. The van der Waals surface area contributed by atoms with Gasteiger partial charge in [0.15, 0.2) is 0 Å². The fraction of sp³-hybridized carbons (Fsp3) is 0.667. The molecule has 0 atom stereocenters. The first kappa shape index (κ1) is 22.1. The molecule has 0 bridgehead atoms. The number of aliphatic hydroxyl groups excluding tert-OH is 1. The van der Waals surface area contributed by atoms with Gasteiger partial charge in [0, 0.05) is 6.61 Å². The van der Waals surface area contributed by atoms with Crippen LogP contribution < -0.4 is 0 Å². The van der Waals surface area contributed by atoms with E-state index >= 15 is 0 Å². The highest BCUT2D eigenvalue weighted by Gasteiger charge is 1.94. The number of benzene rings is 1. The lowest BCUT2D eigenvalue weighted by Crippen LogP contribution is -1.88. The van der Waals surface area contributed by atoms with Gasteiger partial charge < -0.3 is 5.11 Å². The first-order valence-corrected chi connectivity index (χ1v) is 10.4. The van der Waals surface area contributed by atoms with E-state index in [1.165, 1.54) is 63.4 Å². The molecular formula is C18H32O4S. The van der Waals surface area contributed by atoms with E-state index in [0.29, 0.717) is 12.9 Å². The van der Waals surface area contributed by atoms with Crippen molar-refractivity contribution in [1.29, 1.82) is 0 Å². The molecule has 5 heteroatoms. The van der Waals surface area contributed by atoms with Crippen molar-refractivity contribution in [2.45, 2.75) is 64.2 Å². The van der Waals surface area contributed by atoms with Crippen molar-refractivity contribution in [3.05, 3.63) is 35.9 Å². The molecule has 0 fully saturated rings. The Labute approximate surface area is 141 Å². The molecule has 134 valence electrons. The van der Waals surface area contributed by atoms with Gasteiger partial charge in [-0.3, -0.25) is 4.55 Å². The zero-order valence-electron chi connectivity index (χ0n) is 14.3. The Balaban J connectivity index is 0.000000841. The van der Waals surface area contributed by atoms with Crippen molar-refractivity contribution in [3.8, 4) is 0 Å².